The molecule has 0 saturated heterocycles. The van der Waals surface area contributed by atoms with E-state index in [1.807, 2.05) is 52.8 Å². The Morgan fingerprint density at radius 2 is 2.07 bits per heavy atom. The van der Waals surface area contributed by atoms with E-state index in [0.29, 0.717) is 12.1 Å². The monoisotopic (exact) mass is 596 g/mol. The molecule has 5 heteroatoms. The number of hydrogen-bond acceptors (Lipinski definition) is 3. The van der Waals surface area contributed by atoms with Crippen LogP contribution in [-0.2, 0) is 4.79 Å². The van der Waals surface area contributed by atoms with Crippen LogP contribution in [0.2, 0.25) is 0 Å². The molecule has 0 unspecified atom stereocenters. The van der Waals surface area contributed by atoms with E-state index in [-0.39, 0.29) is 5.91 Å². The summed E-state index contributed by atoms with van der Waals surface area (Å²) in [5, 5.41) is 3.12. The van der Waals surface area contributed by atoms with Crippen molar-refractivity contribution in [2.75, 3.05) is 11.9 Å². The van der Waals surface area contributed by atoms with Crippen molar-refractivity contribution in [3.8, 4) is 0 Å². The Morgan fingerprint density at radius 3 is 2.70 bits per heavy atom. The summed E-state index contributed by atoms with van der Waals surface area (Å²) in [7, 11) is 0. The minimum absolute atomic E-state index is 0.127. The van der Waals surface area contributed by atoms with Gasteiger partial charge in [-0.2, -0.15) is 0 Å². The molecule has 1 aromatic rings. The molecule has 1 saturated carbocycles. The van der Waals surface area contributed by atoms with Crippen molar-refractivity contribution in [3.05, 3.63) is 64.3 Å². The fourth-order valence-electron chi connectivity index (χ4n) is 3.28. The van der Waals surface area contributed by atoms with E-state index in [4.69, 9.17) is 4.99 Å². The van der Waals surface area contributed by atoms with Crippen molar-refractivity contribution in [1.82, 2.24) is 0 Å². The Morgan fingerprint density at radius 1 is 1.33 bits per heavy atom. The zero-order valence-electron chi connectivity index (χ0n) is 18.5. The van der Waals surface area contributed by atoms with Crippen LogP contribution in [0, 0.1) is 12.8 Å². The standard InChI is InChI=1S/C25H30N3O.Pb/c1-6-8-18(3)13-20(5)23(17-26-7-2)25(29)28-24-14-22(10-9-19(24)4)16-27-15-21-11-12-21;/h6,8-10,13-14,17,21H,7,11-12H2,1-5H3,(H,28,29);/b8-6-,18-13-,23-20-,26-17?,27-15?;. The van der Waals surface area contributed by atoms with Crippen molar-refractivity contribution in [3.63, 3.8) is 0 Å². The molecule has 0 atom stereocenters. The van der Waals surface area contributed by atoms with Gasteiger partial charge in [0, 0.05) is 0 Å². The van der Waals surface area contributed by atoms with Gasteiger partial charge in [0.25, 0.3) is 0 Å². The number of carbonyl (C=O) groups is 1. The van der Waals surface area contributed by atoms with E-state index < -0.39 is 23.7 Å². The molecule has 4 nitrogen and oxygen atoms in total. The third-order valence-electron chi connectivity index (χ3n) is 5.15. The third-order valence-corrected chi connectivity index (χ3v) is 10.6. The number of rotatable bonds is 8. The zero-order valence-corrected chi connectivity index (χ0v) is 22.4. The van der Waals surface area contributed by atoms with E-state index in [9.17, 15) is 4.79 Å². The first-order valence-electron chi connectivity index (χ1n) is 10.6. The van der Waals surface area contributed by atoms with Crippen molar-refractivity contribution >= 4 is 48.0 Å². The number of benzene rings is 1. The van der Waals surface area contributed by atoms with E-state index in [0.717, 1.165) is 28.3 Å². The SMILES string of the molecule is C\C=C/C(C)=C\C(C)=C(\C=NCC)C(=O)Nc1cc([C]2=[Pb][C](C3CC3)=N2)ccc1C. The van der Waals surface area contributed by atoms with Crippen LogP contribution in [0.15, 0.2) is 63.1 Å². The summed E-state index contributed by atoms with van der Waals surface area (Å²) in [6, 6.07) is 6.32. The van der Waals surface area contributed by atoms with E-state index >= 15 is 0 Å². The Hall–Kier alpha value is -1.96. The van der Waals surface area contributed by atoms with Crippen LogP contribution in [0.1, 0.15) is 51.7 Å². The molecule has 1 aliphatic carbocycles. The summed E-state index contributed by atoms with van der Waals surface area (Å²) in [6.45, 7) is 10.6. The maximum absolute atomic E-state index is 13.1. The number of carbonyl (C=O) groups excluding carboxylic acids is 1. The van der Waals surface area contributed by atoms with Crippen LogP contribution in [-0.4, -0.2) is 48.9 Å². The number of allylic oxidation sites excluding steroid dienone is 5. The molecule has 30 heavy (non-hydrogen) atoms. The summed E-state index contributed by atoms with van der Waals surface area (Å²) in [5.41, 5.74) is 5.67. The number of aliphatic imine (C=N–C) groups is 2. The number of amides is 1. The number of nitrogens with one attached hydrogen (secondary N) is 1. The van der Waals surface area contributed by atoms with Gasteiger partial charge < -0.3 is 0 Å². The molecule has 0 aromatic heterocycles. The molecule has 1 N–H and O–H groups in total. The molecule has 1 aliphatic heterocycles. The first-order chi connectivity index (χ1) is 14.4. The van der Waals surface area contributed by atoms with Crippen LogP contribution in [0.5, 0.6) is 0 Å². The molecule has 1 aromatic carbocycles. The van der Waals surface area contributed by atoms with Gasteiger partial charge in [-0.3, -0.25) is 0 Å². The number of anilines is 1. The third kappa shape index (κ3) is 5.80. The van der Waals surface area contributed by atoms with Gasteiger partial charge in [0.05, 0.1) is 0 Å². The second kappa shape index (κ2) is 10.4. The van der Waals surface area contributed by atoms with Crippen molar-refractivity contribution in [1.29, 1.82) is 0 Å². The molecule has 1 amide bonds. The van der Waals surface area contributed by atoms with Gasteiger partial charge in [-0.25, -0.2) is 0 Å². The fraction of sp³-hybridized carbons (Fsp3) is 0.360. The topological polar surface area (TPSA) is 53.8 Å². The Labute approximate surface area is 191 Å². The fourth-order valence-corrected chi connectivity index (χ4v) is 8.01. The van der Waals surface area contributed by atoms with Crippen LogP contribution < -0.4 is 5.32 Å². The molecule has 2 aliphatic rings. The Balaban J connectivity index is 1.83. The summed E-state index contributed by atoms with van der Waals surface area (Å²) < 4.78 is 2.85. The van der Waals surface area contributed by atoms with Gasteiger partial charge in [0.15, 0.2) is 0 Å². The minimum atomic E-state index is -0.886. The summed E-state index contributed by atoms with van der Waals surface area (Å²) in [4.78, 5) is 22.3. The van der Waals surface area contributed by atoms with Crippen molar-refractivity contribution in [2.24, 2.45) is 15.9 Å². The van der Waals surface area contributed by atoms with E-state index in [1.54, 1.807) is 6.21 Å². The van der Waals surface area contributed by atoms with Crippen LogP contribution >= 0.6 is 0 Å². The van der Waals surface area contributed by atoms with Crippen LogP contribution in [0.25, 0.3) is 0 Å². The second-order valence-corrected chi connectivity index (χ2v) is 12.6. The maximum atomic E-state index is 13.1. The van der Waals surface area contributed by atoms with Crippen molar-refractivity contribution in [2.45, 2.75) is 47.5 Å². The summed E-state index contributed by atoms with van der Waals surface area (Å²) >= 11 is -0.886. The first-order valence-corrected chi connectivity index (χ1v) is 14.5. The van der Waals surface area contributed by atoms with Crippen LogP contribution in [0.3, 0.4) is 0 Å². The first kappa shape index (κ1) is 22.7. The zero-order chi connectivity index (χ0) is 21.7. The molecular weight excluding hydrogens is 565 g/mol. The number of nitrogens with zero attached hydrogens (tertiary/aromatic N) is 2. The van der Waals surface area contributed by atoms with E-state index in [2.05, 4.69) is 28.5 Å². The molecular formula is C25H30N3OPb. The number of aryl methyl sites for hydroxylation is 1. The normalized spacial score (nSPS) is 17.6. The Kier molecular flexibility index (Phi) is 7.86. The van der Waals surface area contributed by atoms with E-state index in [1.165, 1.54) is 24.9 Å². The van der Waals surface area contributed by atoms with Gasteiger partial charge in [0.1, 0.15) is 0 Å². The van der Waals surface area contributed by atoms with Gasteiger partial charge in [0.2, 0.25) is 0 Å². The molecule has 0 bridgehead atoms. The average molecular weight is 596 g/mol. The molecule has 1 heterocycles. The van der Waals surface area contributed by atoms with Gasteiger partial charge in [-0.15, -0.1) is 0 Å². The van der Waals surface area contributed by atoms with Gasteiger partial charge in [-0.1, -0.05) is 0 Å². The van der Waals surface area contributed by atoms with Gasteiger partial charge in [-0.05, 0) is 6.92 Å². The number of hydrogen-bond donors (Lipinski definition) is 1. The predicted molar refractivity (Wildman–Crippen MR) is 130 cm³/mol. The van der Waals surface area contributed by atoms with Gasteiger partial charge >= 0.3 is 185 Å². The summed E-state index contributed by atoms with van der Waals surface area (Å²) in [5.74, 6) is 0.687. The molecule has 1 radical (unpaired) electrons. The summed E-state index contributed by atoms with van der Waals surface area (Å²) in [6.07, 6.45) is 10.4. The second-order valence-electron chi connectivity index (χ2n) is 7.84. The van der Waals surface area contributed by atoms with Crippen molar-refractivity contribution < 1.29 is 4.79 Å². The predicted octanol–water partition coefficient (Wildman–Crippen LogP) is 4.87. The average Bonchev–Trinajstić information content (AvgIpc) is 3.48. The molecule has 3 rings (SSSR count). The molecule has 155 valence electrons. The molecule has 0 spiro atoms. The Bertz CT molecular complexity index is 1020. The molecule has 1 fully saturated rings. The van der Waals surface area contributed by atoms with Crippen LogP contribution in [0.4, 0.5) is 5.69 Å². The quantitative estimate of drug-likeness (QED) is 0.198.